The lowest BCUT2D eigenvalue weighted by atomic mass is 10.3. The molecule has 0 bridgehead atoms. The molecule has 1 amide bonds. The second-order valence-electron chi connectivity index (χ2n) is 2.61. The van der Waals surface area contributed by atoms with Crippen LogP contribution in [-0.2, 0) is 4.79 Å². The van der Waals surface area contributed by atoms with Gasteiger partial charge in [-0.3, -0.25) is 4.79 Å². The number of amides is 1. The van der Waals surface area contributed by atoms with Crippen LogP contribution in [-0.4, -0.2) is 5.91 Å². The van der Waals surface area contributed by atoms with E-state index >= 15 is 0 Å². The van der Waals surface area contributed by atoms with E-state index in [1.54, 1.807) is 19.1 Å². The van der Waals surface area contributed by atoms with Gasteiger partial charge >= 0.3 is 0 Å². The molecule has 0 fully saturated rings. The number of anilines is 1. The van der Waals surface area contributed by atoms with E-state index in [4.69, 9.17) is 0 Å². The van der Waals surface area contributed by atoms with Crippen LogP contribution in [0.3, 0.4) is 0 Å². The highest BCUT2D eigenvalue weighted by Gasteiger charge is 2.03. The van der Waals surface area contributed by atoms with Gasteiger partial charge in [0.25, 0.3) is 0 Å². The maximum Gasteiger partial charge on any atom is 0.248 e. The smallest absolute Gasteiger partial charge is 0.248 e. The number of halogens is 2. The molecule has 2 nitrogen and oxygen atoms in total. The fourth-order valence-electron chi connectivity index (χ4n) is 0.919. The average molecular weight is 258 g/mol. The van der Waals surface area contributed by atoms with Gasteiger partial charge in [0, 0.05) is 4.47 Å². The minimum atomic E-state index is -0.385. The van der Waals surface area contributed by atoms with Crippen molar-refractivity contribution in [3.8, 4) is 0 Å². The van der Waals surface area contributed by atoms with Gasteiger partial charge < -0.3 is 5.32 Å². The van der Waals surface area contributed by atoms with E-state index in [9.17, 15) is 9.18 Å². The van der Waals surface area contributed by atoms with Gasteiger partial charge in [-0.25, -0.2) is 4.39 Å². The van der Waals surface area contributed by atoms with Crippen LogP contribution in [0.5, 0.6) is 0 Å². The van der Waals surface area contributed by atoms with Gasteiger partial charge in [-0.15, -0.1) is 0 Å². The summed E-state index contributed by atoms with van der Waals surface area (Å²) in [7, 11) is 0. The Bertz CT molecular complexity index is 376. The summed E-state index contributed by atoms with van der Waals surface area (Å²) in [6.07, 6.45) is 2.99. The highest BCUT2D eigenvalue weighted by Crippen LogP contribution is 2.22. The third kappa shape index (κ3) is 2.96. The largest absolute Gasteiger partial charge is 0.321 e. The highest BCUT2D eigenvalue weighted by molar-refractivity contribution is 9.10. The predicted octanol–water partition coefficient (Wildman–Crippen LogP) is 3.10. The molecule has 0 unspecified atom stereocenters. The molecule has 1 N–H and O–H groups in total. The van der Waals surface area contributed by atoms with Crippen LogP contribution in [0.25, 0.3) is 0 Å². The number of hydrogen-bond acceptors (Lipinski definition) is 1. The van der Waals surface area contributed by atoms with Crippen LogP contribution in [0.1, 0.15) is 6.92 Å². The molecule has 0 saturated carbocycles. The molecule has 0 heterocycles. The molecule has 14 heavy (non-hydrogen) atoms. The first kappa shape index (κ1) is 10.9. The number of carbonyl (C=O) groups excluding carboxylic acids is 1. The molecule has 0 spiro atoms. The summed E-state index contributed by atoms with van der Waals surface area (Å²) < 4.78 is 13.4. The van der Waals surface area contributed by atoms with Crippen molar-refractivity contribution < 1.29 is 9.18 Å². The molecule has 0 aliphatic heterocycles. The van der Waals surface area contributed by atoms with E-state index in [2.05, 4.69) is 21.2 Å². The summed E-state index contributed by atoms with van der Waals surface area (Å²) in [4.78, 5) is 11.1. The molecule has 74 valence electrons. The Morgan fingerprint density at radius 3 is 2.93 bits per heavy atom. The Hall–Kier alpha value is -1.16. The summed E-state index contributed by atoms with van der Waals surface area (Å²) in [6, 6.07) is 4.11. The molecule has 4 heteroatoms. The SMILES string of the molecule is C/C=C/C(=O)Nc1cc(F)ccc1Br. The van der Waals surface area contributed by atoms with Crippen LogP contribution in [0, 0.1) is 5.82 Å². The van der Waals surface area contributed by atoms with Gasteiger partial charge in [0.1, 0.15) is 5.82 Å². The lowest BCUT2D eigenvalue weighted by Crippen LogP contribution is -2.08. The Kier molecular flexibility index (Phi) is 3.83. The van der Waals surface area contributed by atoms with Gasteiger partial charge in [0.2, 0.25) is 5.91 Å². The molecule has 0 aliphatic carbocycles. The van der Waals surface area contributed by atoms with E-state index in [1.807, 2.05) is 0 Å². The molecule has 1 aromatic carbocycles. The van der Waals surface area contributed by atoms with Crippen molar-refractivity contribution in [1.82, 2.24) is 0 Å². The Morgan fingerprint density at radius 2 is 2.29 bits per heavy atom. The molecule has 1 aromatic rings. The monoisotopic (exact) mass is 257 g/mol. The van der Waals surface area contributed by atoms with E-state index in [-0.39, 0.29) is 11.7 Å². The fourth-order valence-corrected chi connectivity index (χ4v) is 1.26. The number of hydrogen-bond donors (Lipinski definition) is 1. The Labute approximate surface area is 89.9 Å². The second-order valence-corrected chi connectivity index (χ2v) is 3.47. The number of nitrogens with one attached hydrogen (secondary N) is 1. The van der Waals surface area contributed by atoms with E-state index in [1.165, 1.54) is 18.2 Å². The van der Waals surface area contributed by atoms with Gasteiger partial charge in [-0.05, 0) is 47.1 Å². The first-order chi connectivity index (χ1) is 6.63. The van der Waals surface area contributed by atoms with Crippen LogP contribution in [0.15, 0.2) is 34.8 Å². The van der Waals surface area contributed by atoms with Crippen LogP contribution < -0.4 is 5.32 Å². The minimum Gasteiger partial charge on any atom is -0.321 e. The van der Waals surface area contributed by atoms with Crippen molar-refractivity contribution >= 4 is 27.5 Å². The number of carbonyl (C=O) groups is 1. The lowest BCUT2D eigenvalue weighted by molar-refractivity contribution is -0.111. The lowest BCUT2D eigenvalue weighted by Gasteiger charge is -2.04. The van der Waals surface area contributed by atoms with E-state index in [0.717, 1.165) is 0 Å². The van der Waals surface area contributed by atoms with Crippen molar-refractivity contribution in [2.24, 2.45) is 0 Å². The van der Waals surface area contributed by atoms with Crippen molar-refractivity contribution in [1.29, 1.82) is 0 Å². The topological polar surface area (TPSA) is 29.1 Å². The van der Waals surface area contributed by atoms with E-state index < -0.39 is 0 Å². The molecular formula is C10H9BrFNO. The van der Waals surface area contributed by atoms with Gasteiger partial charge in [-0.2, -0.15) is 0 Å². The predicted molar refractivity (Wildman–Crippen MR) is 57.5 cm³/mol. The van der Waals surface area contributed by atoms with Crippen LogP contribution in [0.2, 0.25) is 0 Å². The zero-order valence-electron chi connectivity index (χ0n) is 7.55. The van der Waals surface area contributed by atoms with Crippen molar-refractivity contribution in [2.75, 3.05) is 5.32 Å². The average Bonchev–Trinajstić information content (AvgIpc) is 2.12. The summed E-state index contributed by atoms with van der Waals surface area (Å²) in [5, 5.41) is 2.54. The summed E-state index contributed by atoms with van der Waals surface area (Å²) in [6.45, 7) is 1.74. The Morgan fingerprint density at radius 1 is 1.57 bits per heavy atom. The number of allylic oxidation sites excluding steroid dienone is 1. The Balaban J connectivity index is 2.85. The van der Waals surface area contributed by atoms with Crippen LogP contribution in [0.4, 0.5) is 10.1 Å². The standard InChI is InChI=1S/C10H9BrFNO/c1-2-3-10(14)13-9-6-7(12)4-5-8(9)11/h2-6H,1H3,(H,13,14)/b3-2+. The zero-order chi connectivity index (χ0) is 10.6. The molecular weight excluding hydrogens is 249 g/mol. The maximum absolute atomic E-state index is 12.8. The number of benzene rings is 1. The van der Waals surface area contributed by atoms with E-state index in [0.29, 0.717) is 10.2 Å². The number of rotatable bonds is 2. The zero-order valence-corrected chi connectivity index (χ0v) is 9.14. The maximum atomic E-state index is 12.8. The quantitative estimate of drug-likeness (QED) is 0.811. The van der Waals surface area contributed by atoms with Gasteiger partial charge in [0.15, 0.2) is 0 Å². The minimum absolute atomic E-state index is 0.279. The van der Waals surface area contributed by atoms with Gasteiger partial charge in [0.05, 0.1) is 5.69 Å². The summed E-state index contributed by atoms with van der Waals surface area (Å²) >= 11 is 3.20. The molecule has 0 atom stereocenters. The van der Waals surface area contributed by atoms with Crippen molar-refractivity contribution in [2.45, 2.75) is 6.92 Å². The normalized spacial score (nSPS) is 10.5. The summed E-state index contributed by atoms with van der Waals surface area (Å²) in [5.41, 5.74) is 0.424. The first-order valence-electron chi connectivity index (χ1n) is 4.02. The van der Waals surface area contributed by atoms with Crippen LogP contribution >= 0.6 is 15.9 Å². The molecule has 1 rings (SSSR count). The van der Waals surface area contributed by atoms with Crippen molar-refractivity contribution in [3.63, 3.8) is 0 Å². The first-order valence-corrected chi connectivity index (χ1v) is 4.81. The molecule has 0 saturated heterocycles. The van der Waals surface area contributed by atoms with Gasteiger partial charge in [-0.1, -0.05) is 6.08 Å². The summed E-state index contributed by atoms with van der Waals surface area (Å²) in [5.74, 6) is -0.664. The molecule has 0 aliphatic rings. The third-order valence-electron chi connectivity index (χ3n) is 1.50. The molecule has 0 radical (unpaired) electrons. The molecule has 0 aromatic heterocycles. The second kappa shape index (κ2) is 4.91. The third-order valence-corrected chi connectivity index (χ3v) is 2.20. The van der Waals surface area contributed by atoms with Crippen molar-refractivity contribution in [3.05, 3.63) is 40.6 Å². The fraction of sp³-hybridized carbons (Fsp3) is 0.100. The highest BCUT2D eigenvalue weighted by atomic mass is 79.9.